The van der Waals surface area contributed by atoms with E-state index in [0.29, 0.717) is 5.75 Å². The average molecular weight is 472 g/mol. The number of anilines is 1. The van der Waals surface area contributed by atoms with Crippen LogP contribution in [0.25, 0.3) is 0 Å². The molecule has 1 N–H and O–H groups in total. The number of Topliss-reactive ketones (excluding diaryl/α,β-unsaturated/α-hetero) is 1. The highest BCUT2D eigenvalue weighted by atomic mass is 35.5. The molecule has 170 valence electrons. The predicted molar refractivity (Wildman–Crippen MR) is 120 cm³/mol. The molecule has 9 heteroatoms. The maximum atomic E-state index is 13.7. The molecule has 0 aliphatic carbocycles. The Kier molecular flexibility index (Phi) is 7.99. The summed E-state index contributed by atoms with van der Waals surface area (Å²) < 4.78 is 29.2. The number of ketones is 1. The summed E-state index contributed by atoms with van der Waals surface area (Å²) in [4.78, 5) is 36.9. The van der Waals surface area contributed by atoms with Gasteiger partial charge < -0.3 is 19.5 Å². The fourth-order valence-electron chi connectivity index (χ4n) is 2.79. The summed E-state index contributed by atoms with van der Waals surface area (Å²) in [7, 11) is 1.45. The summed E-state index contributed by atoms with van der Waals surface area (Å²) in [5.74, 6) is -1.99. The number of nitrogens with one attached hydrogen (secondary N) is 1. The van der Waals surface area contributed by atoms with Crippen LogP contribution in [0.5, 0.6) is 11.5 Å². The molecule has 0 fully saturated rings. The van der Waals surface area contributed by atoms with Crippen molar-refractivity contribution in [2.45, 2.75) is 0 Å². The van der Waals surface area contributed by atoms with Gasteiger partial charge in [0, 0.05) is 5.56 Å². The number of benzene rings is 3. The number of hydrogen-bond acceptors (Lipinski definition) is 6. The second kappa shape index (κ2) is 11.1. The smallest absolute Gasteiger partial charge is 0.342 e. The van der Waals surface area contributed by atoms with E-state index in [0.717, 1.165) is 0 Å². The molecule has 0 unspecified atom stereocenters. The monoisotopic (exact) mass is 471 g/mol. The van der Waals surface area contributed by atoms with Gasteiger partial charge >= 0.3 is 5.97 Å². The summed E-state index contributed by atoms with van der Waals surface area (Å²) in [6.07, 6.45) is 0. The molecule has 33 heavy (non-hydrogen) atoms. The summed E-state index contributed by atoms with van der Waals surface area (Å²) in [6, 6.07) is 16.2. The largest absolute Gasteiger partial charge is 0.495 e. The summed E-state index contributed by atoms with van der Waals surface area (Å²) in [5.41, 5.74) is 0.288. The molecule has 0 radical (unpaired) electrons. The van der Waals surface area contributed by atoms with Crippen molar-refractivity contribution in [2.75, 3.05) is 25.6 Å². The lowest BCUT2D eigenvalue weighted by Gasteiger charge is -2.12. The first-order valence-electron chi connectivity index (χ1n) is 9.69. The minimum Gasteiger partial charge on any atom is -0.495 e. The van der Waals surface area contributed by atoms with Gasteiger partial charge in [0.25, 0.3) is 5.91 Å². The van der Waals surface area contributed by atoms with E-state index in [2.05, 4.69) is 5.32 Å². The van der Waals surface area contributed by atoms with Gasteiger partial charge in [-0.1, -0.05) is 35.9 Å². The van der Waals surface area contributed by atoms with E-state index in [1.165, 1.54) is 55.6 Å². The lowest BCUT2D eigenvalue weighted by Crippen LogP contribution is -2.22. The quantitative estimate of drug-likeness (QED) is 0.364. The number of methoxy groups -OCH3 is 1. The second-order valence-corrected chi connectivity index (χ2v) is 7.07. The van der Waals surface area contributed by atoms with E-state index in [4.69, 9.17) is 25.8 Å². The molecule has 0 heterocycles. The van der Waals surface area contributed by atoms with Crippen LogP contribution in [-0.2, 0) is 9.53 Å². The van der Waals surface area contributed by atoms with Crippen LogP contribution in [0.15, 0.2) is 66.7 Å². The Hall–Kier alpha value is -3.91. The van der Waals surface area contributed by atoms with E-state index in [1.54, 1.807) is 18.2 Å². The molecule has 0 spiro atoms. The fourth-order valence-corrected chi connectivity index (χ4v) is 3.04. The molecule has 0 saturated heterocycles. The third kappa shape index (κ3) is 6.30. The van der Waals surface area contributed by atoms with Crippen molar-refractivity contribution in [3.05, 3.63) is 88.7 Å². The molecule has 3 rings (SSSR count). The van der Waals surface area contributed by atoms with Crippen molar-refractivity contribution in [3.8, 4) is 11.5 Å². The summed E-state index contributed by atoms with van der Waals surface area (Å²) >= 11 is 6.02. The second-order valence-electron chi connectivity index (χ2n) is 6.66. The van der Waals surface area contributed by atoms with Gasteiger partial charge in [-0.3, -0.25) is 9.59 Å². The number of carbonyl (C=O) groups excluding carboxylic acids is 3. The maximum absolute atomic E-state index is 13.7. The number of carbonyl (C=O) groups is 3. The van der Waals surface area contributed by atoms with E-state index >= 15 is 0 Å². The van der Waals surface area contributed by atoms with Crippen LogP contribution in [0.4, 0.5) is 10.1 Å². The van der Waals surface area contributed by atoms with Crippen molar-refractivity contribution in [1.29, 1.82) is 0 Å². The van der Waals surface area contributed by atoms with Gasteiger partial charge in [-0.15, -0.1) is 0 Å². The van der Waals surface area contributed by atoms with Gasteiger partial charge in [-0.2, -0.15) is 0 Å². The lowest BCUT2D eigenvalue weighted by molar-refractivity contribution is -0.118. The third-order valence-corrected chi connectivity index (χ3v) is 4.72. The molecule has 0 bridgehead atoms. The minimum absolute atomic E-state index is 0.0101. The standard InChI is InChI=1S/C24H19ClFNO6/c1-31-22-11-10-15(12-17(22)25)20(28)13-33-24(30)16-6-2-5-9-21(16)32-14-23(29)27-19-8-4-3-7-18(19)26/h2-12H,13-14H2,1H3,(H,27,29). The zero-order valence-electron chi connectivity index (χ0n) is 17.5. The first kappa shape index (κ1) is 23.7. The molecule has 0 aliphatic heterocycles. The third-order valence-electron chi connectivity index (χ3n) is 4.42. The Balaban J connectivity index is 1.59. The van der Waals surface area contributed by atoms with E-state index in [9.17, 15) is 18.8 Å². The SMILES string of the molecule is COc1ccc(C(=O)COC(=O)c2ccccc2OCC(=O)Nc2ccccc2F)cc1Cl. The molecule has 1 amide bonds. The Morgan fingerprint density at radius 3 is 2.39 bits per heavy atom. The number of amides is 1. The predicted octanol–water partition coefficient (Wildman–Crippen LogP) is 4.54. The van der Waals surface area contributed by atoms with Crippen LogP contribution >= 0.6 is 11.6 Å². The van der Waals surface area contributed by atoms with E-state index in [-0.39, 0.29) is 27.6 Å². The van der Waals surface area contributed by atoms with Gasteiger partial charge in [0.05, 0.1) is 17.8 Å². The van der Waals surface area contributed by atoms with Crippen LogP contribution in [0.3, 0.4) is 0 Å². The molecule has 0 aliphatic rings. The normalized spacial score (nSPS) is 10.3. The van der Waals surface area contributed by atoms with Gasteiger partial charge in [0.1, 0.15) is 22.9 Å². The van der Waals surface area contributed by atoms with Gasteiger partial charge in [-0.25, -0.2) is 9.18 Å². The molecule has 0 saturated carbocycles. The fraction of sp³-hybridized carbons (Fsp3) is 0.125. The van der Waals surface area contributed by atoms with Crippen molar-refractivity contribution in [3.63, 3.8) is 0 Å². The molecular weight excluding hydrogens is 453 g/mol. The van der Waals surface area contributed by atoms with Crippen molar-refractivity contribution in [2.24, 2.45) is 0 Å². The van der Waals surface area contributed by atoms with Crippen LogP contribution in [0.1, 0.15) is 20.7 Å². The van der Waals surface area contributed by atoms with Gasteiger partial charge in [-0.05, 0) is 42.5 Å². The van der Waals surface area contributed by atoms with Crippen molar-refractivity contribution < 1.29 is 33.0 Å². The lowest BCUT2D eigenvalue weighted by atomic mass is 10.1. The minimum atomic E-state index is -0.812. The maximum Gasteiger partial charge on any atom is 0.342 e. The number of halogens is 2. The summed E-state index contributed by atoms with van der Waals surface area (Å²) in [6.45, 7) is -0.995. The number of hydrogen-bond donors (Lipinski definition) is 1. The Bertz CT molecular complexity index is 1180. The highest BCUT2D eigenvalue weighted by Gasteiger charge is 2.18. The van der Waals surface area contributed by atoms with Crippen molar-refractivity contribution in [1.82, 2.24) is 0 Å². The van der Waals surface area contributed by atoms with Gasteiger partial charge in [0.2, 0.25) is 0 Å². The average Bonchev–Trinajstić information content (AvgIpc) is 2.82. The number of para-hydroxylation sites is 2. The number of esters is 1. The van der Waals surface area contributed by atoms with E-state index < -0.39 is 36.7 Å². The molecule has 3 aromatic rings. The Labute approximate surface area is 194 Å². The Morgan fingerprint density at radius 2 is 1.67 bits per heavy atom. The molecule has 3 aromatic carbocycles. The first-order chi connectivity index (χ1) is 15.9. The number of ether oxygens (including phenoxy) is 3. The first-order valence-corrected chi connectivity index (χ1v) is 10.1. The highest BCUT2D eigenvalue weighted by molar-refractivity contribution is 6.32. The molecule has 0 aromatic heterocycles. The highest BCUT2D eigenvalue weighted by Crippen LogP contribution is 2.25. The van der Waals surface area contributed by atoms with Crippen LogP contribution in [0.2, 0.25) is 5.02 Å². The zero-order chi connectivity index (χ0) is 23.8. The molecular formula is C24H19ClFNO6. The number of rotatable bonds is 9. The zero-order valence-corrected chi connectivity index (χ0v) is 18.2. The van der Waals surface area contributed by atoms with Crippen LogP contribution < -0.4 is 14.8 Å². The molecule has 0 atom stereocenters. The van der Waals surface area contributed by atoms with Gasteiger partial charge in [0.15, 0.2) is 19.0 Å². The van der Waals surface area contributed by atoms with E-state index in [1.807, 2.05) is 0 Å². The summed E-state index contributed by atoms with van der Waals surface area (Å²) in [5, 5.41) is 2.63. The van der Waals surface area contributed by atoms with Crippen LogP contribution in [-0.4, -0.2) is 38.0 Å². The van der Waals surface area contributed by atoms with Crippen molar-refractivity contribution >= 4 is 34.9 Å². The van der Waals surface area contributed by atoms with Crippen LogP contribution in [0, 0.1) is 5.82 Å². The molecule has 7 nitrogen and oxygen atoms in total. The topological polar surface area (TPSA) is 90.9 Å². The Morgan fingerprint density at radius 1 is 0.939 bits per heavy atom.